The number of ether oxygens (including phenoxy) is 3. The van der Waals surface area contributed by atoms with Crippen molar-refractivity contribution in [2.75, 3.05) is 59.3 Å². The predicted molar refractivity (Wildman–Crippen MR) is 96.5 cm³/mol. The van der Waals surface area contributed by atoms with Crippen molar-refractivity contribution in [2.45, 2.75) is 32.6 Å². The van der Waals surface area contributed by atoms with Gasteiger partial charge >= 0.3 is 0 Å². The molecule has 1 fully saturated rings. The minimum atomic E-state index is 0.590. The van der Waals surface area contributed by atoms with E-state index in [0.717, 1.165) is 90.9 Å². The summed E-state index contributed by atoms with van der Waals surface area (Å²) in [6.45, 7) is 9.61. The minimum absolute atomic E-state index is 0.590. The normalized spacial score (nSPS) is 21.6. The summed E-state index contributed by atoms with van der Waals surface area (Å²) >= 11 is 0. The van der Waals surface area contributed by atoms with Crippen LogP contribution in [0, 0.1) is 5.92 Å². The van der Waals surface area contributed by atoms with E-state index < -0.39 is 0 Å². The highest BCUT2D eigenvalue weighted by atomic mass is 16.5. The molecule has 6 heteroatoms. The monoisotopic (exact) mass is 339 g/mol. The predicted octanol–water partition coefficient (Wildman–Crippen LogP) is 1.72. The van der Waals surface area contributed by atoms with Crippen molar-refractivity contribution in [1.29, 1.82) is 0 Å². The van der Waals surface area contributed by atoms with E-state index in [2.05, 4.69) is 28.6 Å². The van der Waals surface area contributed by atoms with Crippen molar-refractivity contribution in [3.8, 4) is 0 Å². The number of hydrogen-bond donors (Lipinski definition) is 2. The van der Waals surface area contributed by atoms with Crippen LogP contribution in [0.1, 0.15) is 32.6 Å². The molecular formula is C18H33N3O3. The highest BCUT2D eigenvalue weighted by Gasteiger charge is 2.15. The van der Waals surface area contributed by atoms with Crippen LogP contribution in [0.5, 0.6) is 0 Å². The van der Waals surface area contributed by atoms with Crippen molar-refractivity contribution in [3.05, 3.63) is 11.6 Å². The molecule has 0 aliphatic carbocycles. The number of nitrogens with zero attached hydrogens (tertiary/aromatic N) is 1. The van der Waals surface area contributed by atoms with E-state index in [4.69, 9.17) is 14.2 Å². The molecule has 0 aromatic carbocycles. The van der Waals surface area contributed by atoms with Crippen molar-refractivity contribution >= 4 is 5.96 Å². The molecule has 0 spiro atoms. The van der Waals surface area contributed by atoms with Crippen molar-refractivity contribution in [3.63, 3.8) is 0 Å². The van der Waals surface area contributed by atoms with Crippen molar-refractivity contribution < 1.29 is 14.2 Å². The van der Waals surface area contributed by atoms with E-state index in [9.17, 15) is 0 Å². The summed E-state index contributed by atoms with van der Waals surface area (Å²) in [6.07, 6.45) is 6.39. The van der Waals surface area contributed by atoms with Gasteiger partial charge in [0.25, 0.3) is 0 Å². The minimum Gasteiger partial charge on any atom is -0.381 e. The van der Waals surface area contributed by atoms with Crippen LogP contribution in [-0.2, 0) is 14.2 Å². The van der Waals surface area contributed by atoms with Crippen LogP contribution in [0.3, 0.4) is 0 Å². The second-order valence-electron chi connectivity index (χ2n) is 6.28. The Morgan fingerprint density at radius 1 is 1.33 bits per heavy atom. The standard InChI is InChI=1S/C18H33N3O3/c1-2-19-18(21-9-4-16-5-11-22-12-6-16)20-8-3-10-23-14-17-7-13-24-15-17/h5,17H,2-4,6-15H2,1H3,(H2,19,20,21). The van der Waals surface area contributed by atoms with E-state index in [1.807, 2.05) is 0 Å². The molecule has 1 unspecified atom stereocenters. The summed E-state index contributed by atoms with van der Waals surface area (Å²) in [7, 11) is 0. The lowest BCUT2D eigenvalue weighted by molar-refractivity contribution is 0.0893. The fraction of sp³-hybridized carbons (Fsp3) is 0.833. The lowest BCUT2D eigenvalue weighted by atomic mass is 10.1. The fourth-order valence-corrected chi connectivity index (χ4v) is 2.80. The molecule has 2 aliphatic heterocycles. The molecule has 138 valence electrons. The molecule has 0 radical (unpaired) electrons. The number of hydrogen-bond acceptors (Lipinski definition) is 4. The summed E-state index contributed by atoms with van der Waals surface area (Å²) in [4.78, 5) is 4.61. The Bertz CT molecular complexity index is 393. The van der Waals surface area contributed by atoms with Gasteiger partial charge in [-0.25, -0.2) is 0 Å². The third-order valence-corrected chi connectivity index (χ3v) is 4.23. The van der Waals surface area contributed by atoms with Gasteiger partial charge < -0.3 is 24.8 Å². The first-order chi connectivity index (χ1) is 11.9. The molecule has 2 rings (SSSR count). The zero-order valence-corrected chi connectivity index (χ0v) is 15.0. The van der Waals surface area contributed by atoms with Gasteiger partial charge in [0, 0.05) is 38.8 Å². The summed E-state index contributed by atoms with van der Waals surface area (Å²) in [5.74, 6) is 1.49. The highest BCUT2D eigenvalue weighted by molar-refractivity contribution is 5.79. The maximum Gasteiger partial charge on any atom is 0.191 e. The highest BCUT2D eigenvalue weighted by Crippen LogP contribution is 2.12. The van der Waals surface area contributed by atoms with Crippen LogP contribution in [-0.4, -0.2) is 65.2 Å². The van der Waals surface area contributed by atoms with Gasteiger partial charge in [-0.15, -0.1) is 0 Å². The van der Waals surface area contributed by atoms with Crippen LogP contribution in [0.4, 0.5) is 0 Å². The average Bonchev–Trinajstić information content (AvgIpc) is 3.12. The molecule has 0 amide bonds. The Labute approximate surface area is 146 Å². The van der Waals surface area contributed by atoms with Gasteiger partial charge in [0.2, 0.25) is 0 Å². The van der Waals surface area contributed by atoms with Gasteiger partial charge in [-0.05, 0) is 32.6 Å². The van der Waals surface area contributed by atoms with Crippen LogP contribution in [0.2, 0.25) is 0 Å². The third kappa shape index (κ3) is 8.13. The first kappa shape index (κ1) is 19.2. The Morgan fingerprint density at radius 2 is 2.29 bits per heavy atom. The van der Waals surface area contributed by atoms with Crippen LogP contribution < -0.4 is 10.6 Å². The molecule has 0 bridgehead atoms. The van der Waals surface area contributed by atoms with Crippen molar-refractivity contribution in [2.24, 2.45) is 10.9 Å². The van der Waals surface area contributed by atoms with E-state index in [1.54, 1.807) is 0 Å². The van der Waals surface area contributed by atoms with Gasteiger partial charge in [0.1, 0.15) is 0 Å². The SMILES string of the molecule is CCNC(=NCCCOCC1CCOC1)NCCC1=CCOCC1. The van der Waals surface area contributed by atoms with Gasteiger partial charge in [-0.1, -0.05) is 11.6 Å². The Morgan fingerprint density at radius 3 is 3.04 bits per heavy atom. The van der Waals surface area contributed by atoms with Crippen LogP contribution in [0.25, 0.3) is 0 Å². The van der Waals surface area contributed by atoms with Crippen LogP contribution >= 0.6 is 0 Å². The Kier molecular flexibility index (Phi) is 9.83. The molecule has 6 nitrogen and oxygen atoms in total. The molecule has 2 heterocycles. The first-order valence-corrected chi connectivity index (χ1v) is 9.31. The molecule has 2 aliphatic rings. The number of nitrogens with one attached hydrogen (secondary N) is 2. The molecule has 2 N–H and O–H groups in total. The molecule has 0 aromatic rings. The second kappa shape index (κ2) is 12.3. The molecule has 1 saturated heterocycles. The van der Waals surface area contributed by atoms with E-state index >= 15 is 0 Å². The summed E-state index contributed by atoms with van der Waals surface area (Å²) < 4.78 is 16.4. The maximum atomic E-state index is 5.71. The molecule has 24 heavy (non-hydrogen) atoms. The summed E-state index contributed by atoms with van der Waals surface area (Å²) in [5, 5.41) is 6.70. The van der Waals surface area contributed by atoms with Gasteiger partial charge in [-0.2, -0.15) is 0 Å². The lowest BCUT2D eigenvalue weighted by Gasteiger charge is -2.15. The summed E-state index contributed by atoms with van der Waals surface area (Å²) in [6, 6.07) is 0. The fourth-order valence-electron chi connectivity index (χ4n) is 2.80. The second-order valence-corrected chi connectivity index (χ2v) is 6.28. The largest absolute Gasteiger partial charge is 0.381 e. The molecule has 1 atom stereocenters. The van der Waals surface area contributed by atoms with E-state index in [0.29, 0.717) is 5.92 Å². The first-order valence-electron chi connectivity index (χ1n) is 9.31. The molecule has 0 aromatic heterocycles. The maximum absolute atomic E-state index is 5.71. The topological polar surface area (TPSA) is 64.1 Å². The quantitative estimate of drug-likeness (QED) is 0.275. The Balaban J connectivity index is 1.54. The van der Waals surface area contributed by atoms with E-state index in [1.165, 1.54) is 5.57 Å². The van der Waals surface area contributed by atoms with Crippen LogP contribution in [0.15, 0.2) is 16.6 Å². The van der Waals surface area contributed by atoms with Crippen molar-refractivity contribution in [1.82, 2.24) is 10.6 Å². The van der Waals surface area contributed by atoms with Gasteiger partial charge in [-0.3, -0.25) is 4.99 Å². The smallest absolute Gasteiger partial charge is 0.191 e. The number of rotatable bonds is 10. The number of aliphatic imine (C=N–C) groups is 1. The van der Waals surface area contributed by atoms with Gasteiger partial charge in [0.15, 0.2) is 5.96 Å². The van der Waals surface area contributed by atoms with E-state index in [-0.39, 0.29) is 0 Å². The van der Waals surface area contributed by atoms with Gasteiger partial charge in [0.05, 0.1) is 26.4 Å². The third-order valence-electron chi connectivity index (χ3n) is 4.23. The lowest BCUT2D eigenvalue weighted by Crippen LogP contribution is -2.38. The Hall–Kier alpha value is -1.11. The summed E-state index contributed by atoms with van der Waals surface area (Å²) in [5.41, 5.74) is 1.48. The number of guanidine groups is 1. The zero-order valence-electron chi connectivity index (χ0n) is 15.0. The average molecular weight is 339 g/mol. The zero-order chi connectivity index (χ0) is 16.9. The molecule has 0 saturated carbocycles. The molecular weight excluding hydrogens is 306 g/mol.